The summed E-state index contributed by atoms with van der Waals surface area (Å²) in [7, 11) is 0. The zero-order chi connectivity index (χ0) is 14.9. The minimum Gasteiger partial charge on any atom is -0.355 e. The van der Waals surface area contributed by atoms with Crippen molar-refractivity contribution in [1.82, 2.24) is 15.1 Å². The first kappa shape index (κ1) is 14.2. The Labute approximate surface area is 132 Å². The molecule has 0 spiro atoms. The third-order valence-electron chi connectivity index (χ3n) is 5.67. The fraction of sp³-hybridized carbons (Fsp3) is 0.611. The van der Waals surface area contributed by atoms with E-state index in [0.717, 1.165) is 26.2 Å². The Kier molecular flexibility index (Phi) is 3.89. The van der Waals surface area contributed by atoms with Crippen molar-refractivity contribution in [1.29, 1.82) is 0 Å². The first-order chi connectivity index (χ1) is 10.8. The molecule has 1 N–H and O–H groups in total. The molecule has 0 bridgehead atoms. The minimum absolute atomic E-state index is 0.266. The first-order valence-corrected chi connectivity index (χ1v) is 8.57. The van der Waals surface area contributed by atoms with E-state index in [1.54, 1.807) is 0 Å². The molecule has 3 fully saturated rings. The van der Waals surface area contributed by atoms with E-state index >= 15 is 0 Å². The van der Waals surface area contributed by atoms with Gasteiger partial charge in [-0.3, -0.25) is 14.6 Å². The smallest absolute Gasteiger partial charge is 0.224 e. The third-order valence-corrected chi connectivity index (χ3v) is 5.67. The van der Waals surface area contributed by atoms with Crippen LogP contribution in [0.4, 0.5) is 0 Å². The Hall–Kier alpha value is -1.39. The van der Waals surface area contributed by atoms with Gasteiger partial charge < -0.3 is 5.32 Å². The zero-order valence-corrected chi connectivity index (χ0v) is 13.1. The summed E-state index contributed by atoms with van der Waals surface area (Å²) in [5, 5.41) is 3.01. The molecule has 1 aromatic rings. The highest BCUT2D eigenvalue weighted by Gasteiger charge is 2.44. The molecule has 0 saturated carbocycles. The molecule has 4 heteroatoms. The molecule has 3 aliphatic rings. The molecule has 1 aromatic carbocycles. The number of fused-ring (bicyclic) bond motifs is 1. The van der Waals surface area contributed by atoms with E-state index in [2.05, 4.69) is 45.4 Å². The van der Waals surface area contributed by atoms with Gasteiger partial charge in [-0.05, 0) is 31.5 Å². The third kappa shape index (κ3) is 2.77. The Morgan fingerprint density at radius 1 is 1.09 bits per heavy atom. The number of piperidine rings is 1. The van der Waals surface area contributed by atoms with Crippen LogP contribution in [0.15, 0.2) is 30.3 Å². The second kappa shape index (κ2) is 6.01. The van der Waals surface area contributed by atoms with Gasteiger partial charge in [0.25, 0.3) is 0 Å². The average Bonchev–Trinajstić information content (AvgIpc) is 3.12. The van der Waals surface area contributed by atoms with E-state index in [9.17, 15) is 4.79 Å². The topological polar surface area (TPSA) is 35.6 Å². The van der Waals surface area contributed by atoms with Crippen LogP contribution in [0.2, 0.25) is 0 Å². The van der Waals surface area contributed by atoms with Gasteiger partial charge in [0.2, 0.25) is 5.91 Å². The van der Waals surface area contributed by atoms with Gasteiger partial charge in [0.1, 0.15) is 0 Å². The summed E-state index contributed by atoms with van der Waals surface area (Å²) >= 11 is 0. The van der Waals surface area contributed by atoms with Crippen molar-refractivity contribution < 1.29 is 4.79 Å². The molecule has 0 aromatic heterocycles. The molecule has 1 amide bonds. The molecule has 0 aliphatic carbocycles. The van der Waals surface area contributed by atoms with Gasteiger partial charge in [0.15, 0.2) is 0 Å². The molecule has 22 heavy (non-hydrogen) atoms. The lowest BCUT2D eigenvalue weighted by Crippen LogP contribution is -2.44. The predicted octanol–water partition coefficient (Wildman–Crippen LogP) is 1.33. The van der Waals surface area contributed by atoms with Gasteiger partial charge in [-0.2, -0.15) is 0 Å². The number of carbonyl (C=O) groups is 1. The highest BCUT2D eigenvalue weighted by atomic mass is 16.2. The van der Waals surface area contributed by atoms with E-state index in [4.69, 9.17) is 0 Å². The molecular formula is C18H25N3O. The fourth-order valence-corrected chi connectivity index (χ4v) is 4.35. The second-order valence-electron chi connectivity index (χ2n) is 7.06. The predicted molar refractivity (Wildman–Crippen MR) is 86.3 cm³/mol. The lowest BCUT2D eigenvalue weighted by Gasteiger charge is -2.37. The van der Waals surface area contributed by atoms with Crippen molar-refractivity contribution in [3.05, 3.63) is 35.9 Å². The highest BCUT2D eigenvalue weighted by Crippen LogP contribution is 2.31. The summed E-state index contributed by atoms with van der Waals surface area (Å²) < 4.78 is 0. The highest BCUT2D eigenvalue weighted by molar-refractivity contribution is 5.81. The minimum atomic E-state index is 0.266. The van der Waals surface area contributed by atoms with Crippen molar-refractivity contribution in [2.75, 3.05) is 32.7 Å². The molecule has 3 saturated heterocycles. The molecule has 2 atom stereocenters. The number of amides is 1. The van der Waals surface area contributed by atoms with Crippen LogP contribution in [0.25, 0.3) is 0 Å². The van der Waals surface area contributed by atoms with Crippen LogP contribution >= 0.6 is 0 Å². The zero-order valence-electron chi connectivity index (χ0n) is 13.1. The number of nitrogens with zero attached hydrogens (tertiary/aromatic N) is 2. The van der Waals surface area contributed by atoms with Crippen molar-refractivity contribution in [3.63, 3.8) is 0 Å². The molecule has 118 valence electrons. The fourth-order valence-electron chi connectivity index (χ4n) is 4.35. The summed E-state index contributed by atoms with van der Waals surface area (Å²) in [6, 6.07) is 11.4. The summed E-state index contributed by atoms with van der Waals surface area (Å²) in [6.45, 7) is 6.43. The molecule has 3 heterocycles. The number of hydrogen-bond donors (Lipinski definition) is 1. The van der Waals surface area contributed by atoms with Crippen LogP contribution in [0, 0.1) is 11.8 Å². The summed E-state index contributed by atoms with van der Waals surface area (Å²) in [5.41, 5.74) is 1.41. The first-order valence-electron chi connectivity index (χ1n) is 8.57. The van der Waals surface area contributed by atoms with E-state index in [-0.39, 0.29) is 11.8 Å². The van der Waals surface area contributed by atoms with E-state index in [1.165, 1.54) is 31.5 Å². The Bertz CT molecular complexity index is 524. The molecule has 4 nitrogen and oxygen atoms in total. The van der Waals surface area contributed by atoms with Crippen LogP contribution in [0.3, 0.4) is 0 Å². The number of carbonyl (C=O) groups excluding carboxylic acids is 1. The number of hydrogen-bond acceptors (Lipinski definition) is 3. The van der Waals surface area contributed by atoms with E-state index in [0.29, 0.717) is 12.0 Å². The van der Waals surface area contributed by atoms with Gasteiger partial charge in [-0.25, -0.2) is 0 Å². The van der Waals surface area contributed by atoms with E-state index in [1.807, 2.05) is 0 Å². The van der Waals surface area contributed by atoms with Gasteiger partial charge in [0.05, 0.1) is 5.92 Å². The van der Waals surface area contributed by atoms with E-state index < -0.39 is 0 Å². The normalized spacial score (nSPS) is 30.5. The quantitative estimate of drug-likeness (QED) is 0.914. The van der Waals surface area contributed by atoms with Crippen LogP contribution < -0.4 is 5.32 Å². The van der Waals surface area contributed by atoms with Gasteiger partial charge in [-0.1, -0.05) is 30.3 Å². The average molecular weight is 299 g/mol. The Morgan fingerprint density at radius 3 is 2.59 bits per heavy atom. The van der Waals surface area contributed by atoms with Crippen LogP contribution in [0.1, 0.15) is 18.4 Å². The second-order valence-corrected chi connectivity index (χ2v) is 7.06. The Balaban J connectivity index is 1.29. The number of benzene rings is 1. The van der Waals surface area contributed by atoms with Crippen LogP contribution in [-0.4, -0.2) is 54.5 Å². The lowest BCUT2D eigenvalue weighted by atomic mass is 10.0. The standard InChI is InChI=1S/C18H25N3O/c22-18-17-13-21(12-15(17)10-19-18)16-6-8-20(9-7-16)11-14-4-2-1-3-5-14/h1-5,15-17H,6-13H2,(H,19,22)/t15-,17+/m0/s1. The number of rotatable bonds is 3. The molecule has 0 unspecified atom stereocenters. The van der Waals surface area contributed by atoms with Gasteiger partial charge in [-0.15, -0.1) is 0 Å². The molecular weight excluding hydrogens is 274 g/mol. The molecule has 3 aliphatic heterocycles. The van der Waals surface area contributed by atoms with Gasteiger partial charge >= 0.3 is 0 Å². The summed E-state index contributed by atoms with van der Waals surface area (Å²) in [6.07, 6.45) is 2.49. The van der Waals surface area contributed by atoms with Gasteiger partial charge in [0, 0.05) is 38.1 Å². The van der Waals surface area contributed by atoms with Crippen molar-refractivity contribution in [2.45, 2.75) is 25.4 Å². The van der Waals surface area contributed by atoms with Crippen molar-refractivity contribution in [3.8, 4) is 0 Å². The summed E-state index contributed by atoms with van der Waals surface area (Å²) in [4.78, 5) is 16.9. The van der Waals surface area contributed by atoms with Crippen molar-refractivity contribution in [2.24, 2.45) is 11.8 Å². The molecule has 0 radical (unpaired) electrons. The van der Waals surface area contributed by atoms with Crippen molar-refractivity contribution >= 4 is 5.91 Å². The van der Waals surface area contributed by atoms with Crippen LogP contribution in [-0.2, 0) is 11.3 Å². The number of likely N-dealkylation sites (tertiary alicyclic amines) is 2. The SMILES string of the molecule is O=C1NC[C@H]2CN(C3CCN(Cc4ccccc4)CC3)C[C@@H]12. The maximum atomic E-state index is 11.8. The lowest BCUT2D eigenvalue weighted by molar-refractivity contribution is -0.122. The van der Waals surface area contributed by atoms with Crippen LogP contribution in [0.5, 0.6) is 0 Å². The maximum absolute atomic E-state index is 11.8. The maximum Gasteiger partial charge on any atom is 0.224 e. The Morgan fingerprint density at radius 2 is 1.86 bits per heavy atom. The summed E-state index contributed by atoms with van der Waals surface area (Å²) in [5.74, 6) is 1.12. The monoisotopic (exact) mass is 299 g/mol. The largest absolute Gasteiger partial charge is 0.355 e. The number of nitrogens with one attached hydrogen (secondary N) is 1. The molecule has 4 rings (SSSR count).